The Morgan fingerprint density at radius 2 is 1.69 bits per heavy atom. The second kappa shape index (κ2) is 11.3. The van der Waals surface area contributed by atoms with Gasteiger partial charge in [-0.2, -0.15) is 0 Å². The maximum atomic E-state index is 11.8. The average Bonchev–Trinajstić information content (AvgIpc) is 2.80. The Balaban J connectivity index is 1.47. The number of carbonyl (C=O) groups excluding carboxylic acids is 1. The van der Waals surface area contributed by atoms with Gasteiger partial charge in [-0.1, -0.05) is 12.1 Å². The summed E-state index contributed by atoms with van der Waals surface area (Å²) < 4.78 is 5.25. The molecule has 0 bridgehead atoms. The van der Waals surface area contributed by atoms with Crippen LogP contribution in [0.3, 0.4) is 0 Å². The van der Waals surface area contributed by atoms with E-state index in [4.69, 9.17) is 4.74 Å². The number of guanidine groups is 1. The number of hydrogen-bond acceptors (Lipinski definition) is 4. The van der Waals surface area contributed by atoms with Crippen molar-refractivity contribution in [1.29, 1.82) is 0 Å². The van der Waals surface area contributed by atoms with Gasteiger partial charge in [0.15, 0.2) is 5.96 Å². The SMILES string of the molecule is CN=C(NCc1ccc(NC(=O)NC(C)C)cc1)N1CCN(c2ccc(OC)cc2)CC1. The molecule has 2 amide bonds. The Morgan fingerprint density at radius 1 is 1.03 bits per heavy atom. The van der Waals surface area contributed by atoms with Crippen LogP contribution in [0.25, 0.3) is 0 Å². The van der Waals surface area contributed by atoms with Crippen molar-refractivity contribution in [2.75, 3.05) is 50.6 Å². The molecule has 172 valence electrons. The van der Waals surface area contributed by atoms with Crippen molar-refractivity contribution in [1.82, 2.24) is 15.5 Å². The number of rotatable bonds is 6. The predicted molar refractivity (Wildman–Crippen MR) is 131 cm³/mol. The number of piperazine rings is 1. The lowest BCUT2D eigenvalue weighted by atomic mass is 10.2. The summed E-state index contributed by atoms with van der Waals surface area (Å²) in [4.78, 5) is 20.9. The summed E-state index contributed by atoms with van der Waals surface area (Å²) in [5.74, 6) is 1.78. The number of nitrogens with zero attached hydrogens (tertiary/aromatic N) is 3. The second-order valence-electron chi connectivity index (χ2n) is 8.02. The number of methoxy groups -OCH3 is 1. The highest BCUT2D eigenvalue weighted by molar-refractivity contribution is 5.89. The third-order valence-corrected chi connectivity index (χ3v) is 5.31. The molecule has 2 aromatic carbocycles. The number of urea groups is 1. The monoisotopic (exact) mass is 438 g/mol. The van der Waals surface area contributed by atoms with Gasteiger partial charge in [-0.15, -0.1) is 0 Å². The Labute approximate surface area is 190 Å². The molecule has 1 fully saturated rings. The van der Waals surface area contributed by atoms with Crippen LogP contribution in [0.15, 0.2) is 53.5 Å². The van der Waals surface area contributed by atoms with E-state index >= 15 is 0 Å². The predicted octanol–water partition coefficient (Wildman–Crippen LogP) is 3.12. The van der Waals surface area contributed by atoms with Gasteiger partial charge in [-0.3, -0.25) is 4.99 Å². The molecule has 8 heteroatoms. The fraction of sp³-hybridized carbons (Fsp3) is 0.417. The first-order valence-corrected chi connectivity index (χ1v) is 11.0. The zero-order chi connectivity index (χ0) is 22.9. The molecule has 3 rings (SSSR count). The number of ether oxygens (including phenoxy) is 1. The highest BCUT2D eigenvalue weighted by Gasteiger charge is 2.19. The van der Waals surface area contributed by atoms with Crippen LogP contribution in [0.4, 0.5) is 16.2 Å². The molecule has 1 saturated heterocycles. The average molecular weight is 439 g/mol. The molecule has 0 aliphatic carbocycles. The third kappa shape index (κ3) is 6.54. The molecule has 0 atom stereocenters. The molecule has 0 spiro atoms. The topological polar surface area (TPSA) is 81.2 Å². The van der Waals surface area contributed by atoms with E-state index in [-0.39, 0.29) is 12.1 Å². The molecule has 0 unspecified atom stereocenters. The van der Waals surface area contributed by atoms with Crippen molar-refractivity contribution >= 4 is 23.4 Å². The largest absolute Gasteiger partial charge is 0.497 e. The van der Waals surface area contributed by atoms with Gasteiger partial charge < -0.3 is 30.5 Å². The number of anilines is 2. The molecular weight excluding hydrogens is 404 g/mol. The van der Waals surface area contributed by atoms with Crippen LogP contribution in [0.1, 0.15) is 19.4 Å². The number of carbonyl (C=O) groups is 1. The molecule has 1 aliphatic rings. The first kappa shape index (κ1) is 23.2. The number of amides is 2. The number of nitrogens with one attached hydrogen (secondary N) is 3. The number of aliphatic imine (C=N–C) groups is 1. The lowest BCUT2D eigenvalue weighted by Gasteiger charge is -2.37. The summed E-state index contributed by atoms with van der Waals surface area (Å²) in [6, 6.07) is 15.9. The van der Waals surface area contributed by atoms with Gasteiger partial charge in [-0.05, 0) is 55.8 Å². The maximum Gasteiger partial charge on any atom is 0.319 e. The molecule has 1 aliphatic heterocycles. The Kier molecular flexibility index (Phi) is 8.19. The minimum atomic E-state index is -0.194. The van der Waals surface area contributed by atoms with E-state index in [1.165, 1.54) is 5.69 Å². The molecule has 1 heterocycles. The second-order valence-corrected chi connectivity index (χ2v) is 8.02. The minimum absolute atomic E-state index is 0.100. The summed E-state index contributed by atoms with van der Waals surface area (Å²) in [6.45, 7) is 8.21. The first-order chi connectivity index (χ1) is 15.5. The lowest BCUT2D eigenvalue weighted by molar-refractivity contribution is 0.250. The van der Waals surface area contributed by atoms with Crippen LogP contribution >= 0.6 is 0 Å². The quantitative estimate of drug-likeness (QED) is 0.477. The summed E-state index contributed by atoms with van der Waals surface area (Å²) in [5, 5.41) is 9.11. The van der Waals surface area contributed by atoms with E-state index in [0.717, 1.165) is 49.1 Å². The minimum Gasteiger partial charge on any atom is -0.497 e. The van der Waals surface area contributed by atoms with Gasteiger partial charge in [-0.25, -0.2) is 4.79 Å². The van der Waals surface area contributed by atoms with E-state index in [1.807, 2.05) is 57.3 Å². The Bertz CT molecular complexity index is 888. The van der Waals surface area contributed by atoms with Gasteiger partial charge in [0.25, 0.3) is 0 Å². The summed E-state index contributed by atoms with van der Waals surface area (Å²) >= 11 is 0. The van der Waals surface area contributed by atoms with Crippen molar-refractivity contribution in [3.8, 4) is 5.75 Å². The molecule has 8 nitrogen and oxygen atoms in total. The fourth-order valence-electron chi connectivity index (χ4n) is 3.62. The van der Waals surface area contributed by atoms with E-state index in [2.05, 4.69) is 42.9 Å². The van der Waals surface area contributed by atoms with Crippen molar-refractivity contribution in [3.05, 3.63) is 54.1 Å². The molecule has 2 aromatic rings. The number of benzene rings is 2. The van der Waals surface area contributed by atoms with Crippen LogP contribution in [0.2, 0.25) is 0 Å². The molecule has 0 saturated carbocycles. The normalized spacial score (nSPS) is 14.3. The van der Waals surface area contributed by atoms with Gasteiger partial charge in [0.05, 0.1) is 7.11 Å². The van der Waals surface area contributed by atoms with Gasteiger partial charge >= 0.3 is 6.03 Å². The highest BCUT2D eigenvalue weighted by Crippen LogP contribution is 2.20. The molecule has 0 aromatic heterocycles. The van der Waals surface area contributed by atoms with E-state index in [0.29, 0.717) is 6.54 Å². The van der Waals surface area contributed by atoms with Crippen LogP contribution in [-0.4, -0.2) is 63.3 Å². The van der Waals surface area contributed by atoms with Crippen LogP contribution < -0.4 is 25.6 Å². The van der Waals surface area contributed by atoms with Crippen LogP contribution in [0, 0.1) is 0 Å². The Hall–Kier alpha value is -3.42. The fourth-order valence-corrected chi connectivity index (χ4v) is 3.62. The number of hydrogen-bond donors (Lipinski definition) is 3. The van der Waals surface area contributed by atoms with E-state index in [9.17, 15) is 4.79 Å². The van der Waals surface area contributed by atoms with Gasteiger partial charge in [0.2, 0.25) is 0 Å². The smallest absolute Gasteiger partial charge is 0.319 e. The molecular formula is C24H34N6O2. The van der Waals surface area contributed by atoms with Gasteiger partial charge in [0.1, 0.15) is 5.75 Å². The van der Waals surface area contributed by atoms with Crippen molar-refractivity contribution in [2.24, 2.45) is 4.99 Å². The first-order valence-electron chi connectivity index (χ1n) is 11.0. The van der Waals surface area contributed by atoms with Crippen LogP contribution in [0.5, 0.6) is 5.75 Å². The molecule has 3 N–H and O–H groups in total. The highest BCUT2D eigenvalue weighted by atomic mass is 16.5. The summed E-state index contributed by atoms with van der Waals surface area (Å²) in [7, 11) is 3.50. The third-order valence-electron chi connectivity index (χ3n) is 5.31. The molecule has 0 radical (unpaired) electrons. The lowest BCUT2D eigenvalue weighted by Crippen LogP contribution is -2.52. The summed E-state index contributed by atoms with van der Waals surface area (Å²) in [5.41, 5.74) is 3.10. The molecule has 32 heavy (non-hydrogen) atoms. The van der Waals surface area contributed by atoms with E-state index in [1.54, 1.807) is 7.11 Å². The zero-order valence-corrected chi connectivity index (χ0v) is 19.4. The van der Waals surface area contributed by atoms with E-state index < -0.39 is 0 Å². The summed E-state index contributed by atoms with van der Waals surface area (Å²) in [6.07, 6.45) is 0. The van der Waals surface area contributed by atoms with Crippen molar-refractivity contribution in [3.63, 3.8) is 0 Å². The standard InChI is InChI=1S/C24H34N6O2/c1-18(2)27-24(31)28-20-7-5-19(6-8-20)17-26-23(25-3)30-15-13-29(14-16-30)21-9-11-22(32-4)12-10-21/h5-12,18H,13-17H2,1-4H3,(H,25,26)(H2,27,28,31). The zero-order valence-electron chi connectivity index (χ0n) is 19.4. The van der Waals surface area contributed by atoms with Crippen LogP contribution in [-0.2, 0) is 6.54 Å². The van der Waals surface area contributed by atoms with Crippen molar-refractivity contribution in [2.45, 2.75) is 26.4 Å². The van der Waals surface area contributed by atoms with Gasteiger partial charge in [0, 0.05) is 57.2 Å². The Morgan fingerprint density at radius 3 is 2.25 bits per heavy atom. The maximum absolute atomic E-state index is 11.8. The van der Waals surface area contributed by atoms with Crippen molar-refractivity contribution < 1.29 is 9.53 Å².